The average Bonchev–Trinajstić information content (AvgIpc) is 2.66. The van der Waals surface area contributed by atoms with Crippen LogP contribution in [-0.2, 0) is 13.5 Å². The van der Waals surface area contributed by atoms with Crippen LogP contribution in [0, 0.1) is 0 Å². The highest BCUT2D eigenvalue weighted by Crippen LogP contribution is 2.16. The zero-order valence-electron chi connectivity index (χ0n) is 8.72. The molecule has 1 aromatic heterocycles. The minimum absolute atomic E-state index is 0.684. The Morgan fingerprint density at radius 3 is 2.53 bits per heavy atom. The quantitative estimate of drug-likeness (QED) is 0.807. The van der Waals surface area contributed by atoms with E-state index in [1.165, 1.54) is 5.56 Å². The zero-order chi connectivity index (χ0) is 10.7. The molecule has 0 aliphatic carbocycles. The fourth-order valence-electron chi connectivity index (χ4n) is 1.53. The van der Waals surface area contributed by atoms with Crippen LogP contribution in [0.15, 0.2) is 30.6 Å². The molecule has 0 bridgehead atoms. The first-order valence-electron chi connectivity index (χ1n) is 4.94. The van der Waals surface area contributed by atoms with Gasteiger partial charge in [-0.3, -0.25) is 0 Å². The minimum Gasteiger partial charge on any atom is -0.330 e. The van der Waals surface area contributed by atoms with E-state index in [9.17, 15) is 0 Å². The van der Waals surface area contributed by atoms with Gasteiger partial charge in [-0.1, -0.05) is 24.3 Å². The molecule has 0 radical (unpaired) electrons. The van der Waals surface area contributed by atoms with Crippen molar-refractivity contribution in [3.63, 3.8) is 0 Å². The predicted molar refractivity (Wildman–Crippen MR) is 59.2 cm³/mol. The molecule has 0 amide bonds. The Morgan fingerprint density at radius 1 is 1.27 bits per heavy atom. The highest BCUT2D eigenvalue weighted by atomic mass is 15.2. The number of rotatable bonds is 3. The van der Waals surface area contributed by atoms with E-state index in [0.717, 1.165) is 17.8 Å². The summed E-state index contributed by atoms with van der Waals surface area (Å²) in [7, 11) is 1.93. The molecule has 15 heavy (non-hydrogen) atoms. The lowest BCUT2D eigenvalue weighted by Crippen LogP contribution is -2.02. The Hall–Kier alpha value is -1.68. The van der Waals surface area contributed by atoms with Crippen molar-refractivity contribution in [2.75, 3.05) is 6.54 Å². The molecule has 0 fully saturated rings. The number of nitrogens with zero attached hydrogens (tertiary/aromatic N) is 3. The summed E-state index contributed by atoms with van der Waals surface area (Å²) in [5.74, 6) is 0.884. The summed E-state index contributed by atoms with van der Waals surface area (Å²) in [4.78, 5) is 0. The second-order valence-corrected chi connectivity index (χ2v) is 3.50. The Bertz CT molecular complexity index is 430. The second kappa shape index (κ2) is 4.23. The van der Waals surface area contributed by atoms with Gasteiger partial charge in [-0.25, -0.2) is 0 Å². The van der Waals surface area contributed by atoms with Crippen LogP contribution < -0.4 is 5.73 Å². The smallest absolute Gasteiger partial charge is 0.163 e. The van der Waals surface area contributed by atoms with Crippen LogP contribution >= 0.6 is 0 Å². The topological polar surface area (TPSA) is 56.7 Å². The van der Waals surface area contributed by atoms with E-state index in [2.05, 4.69) is 34.5 Å². The van der Waals surface area contributed by atoms with Crippen LogP contribution in [0.4, 0.5) is 0 Å². The van der Waals surface area contributed by atoms with Crippen molar-refractivity contribution in [1.29, 1.82) is 0 Å². The van der Waals surface area contributed by atoms with Crippen molar-refractivity contribution in [3.8, 4) is 11.4 Å². The van der Waals surface area contributed by atoms with Gasteiger partial charge in [0.05, 0.1) is 0 Å². The lowest BCUT2D eigenvalue weighted by atomic mass is 10.1. The molecule has 1 heterocycles. The van der Waals surface area contributed by atoms with Gasteiger partial charge in [0.1, 0.15) is 6.33 Å². The fraction of sp³-hybridized carbons (Fsp3) is 0.273. The standard InChI is InChI=1S/C11H14N4/c1-15-8-13-14-11(15)10-4-2-9(3-5-10)6-7-12/h2-5,8H,6-7,12H2,1H3. The Balaban J connectivity index is 2.28. The fourth-order valence-corrected chi connectivity index (χ4v) is 1.53. The summed E-state index contributed by atoms with van der Waals surface area (Å²) in [6.45, 7) is 0.684. The van der Waals surface area contributed by atoms with Crippen molar-refractivity contribution in [1.82, 2.24) is 14.8 Å². The van der Waals surface area contributed by atoms with Crippen LogP contribution in [-0.4, -0.2) is 21.3 Å². The highest BCUT2D eigenvalue weighted by Gasteiger charge is 2.03. The molecule has 0 spiro atoms. The van der Waals surface area contributed by atoms with E-state index in [-0.39, 0.29) is 0 Å². The van der Waals surface area contributed by atoms with Crippen molar-refractivity contribution in [2.45, 2.75) is 6.42 Å². The molecule has 0 saturated carbocycles. The third-order valence-corrected chi connectivity index (χ3v) is 2.36. The van der Waals surface area contributed by atoms with E-state index < -0.39 is 0 Å². The van der Waals surface area contributed by atoms with Gasteiger partial charge < -0.3 is 10.3 Å². The lowest BCUT2D eigenvalue weighted by molar-refractivity contribution is 0.919. The number of aromatic nitrogens is 3. The summed E-state index contributed by atoms with van der Waals surface area (Å²) < 4.78 is 1.90. The van der Waals surface area contributed by atoms with Gasteiger partial charge in [-0.05, 0) is 18.5 Å². The SMILES string of the molecule is Cn1cnnc1-c1ccc(CCN)cc1. The first kappa shape index (κ1) is 9.86. The second-order valence-electron chi connectivity index (χ2n) is 3.50. The van der Waals surface area contributed by atoms with Gasteiger partial charge in [0.15, 0.2) is 5.82 Å². The van der Waals surface area contributed by atoms with Crippen LogP contribution in [0.3, 0.4) is 0 Å². The number of hydrogen-bond donors (Lipinski definition) is 1. The van der Waals surface area contributed by atoms with Crippen LogP contribution in [0.1, 0.15) is 5.56 Å². The monoisotopic (exact) mass is 202 g/mol. The van der Waals surface area contributed by atoms with Crippen molar-refractivity contribution in [2.24, 2.45) is 12.8 Å². The molecule has 0 saturated heterocycles. The maximum Gasteiger partial charge on any atom is 0.163 e. The Morgan fingerprint density at radius 2 is 2.00 bits per heavy atom. The van der Waals surface area contributed by atoms with Crippen LogP contribution in [0.2, 0.25) is 0 Å². The van der Waals surface area contributed by atoms with E-state index in [1.54, 1.807) is 6.33 Å². The molecule has 4 nitrogen and oxygen atoms in total. The van der Waals surface area contributed by atoms with Gasteiger partial charge in [-0.15, -0.1) is 10.2 Å². The van der Waals surface area contributed by atoms with Crippen LogP contribution in [0.25, 0.3) is 11.4 Å². The molecule has 2 aromatic rings. The molecule has 78 valence electrons. The summed E-state index contributed by atoms with van der Waals surface area (Å²) in [5.41, 5.74) is 7.82. The third-order valence-electron chi connectivity index (χ3n) is 2.36. The molecular formula is C11H14N4. The first-order chi connectivity index (χ1) is 7.31. The summed E-state index contributed by atoms with van der Waals surface area (Å²) >= 11 is 0. The molecule has 0 aliphatic heterocycles. The average molecular weight is 202 g/mol. The van der Waals surface area contributed by atoms with Gasteiger partial charge >= 0.3 is 0 Å². The predicted octanol–water partition coefficient (Wildman–Crippen LogP) is 0.983. The number of benzene rings is 1. The third kappa shape index (κ3) is 2.05. The highest BCUT2D eigenvalue weighted by molar-refractivity contribution is 5.55. The van der Waals surface area contributed by atoms with Crippen molar-refractivity contribution < 1.29 is 0 Å². The van der Waals surface area contributed by atoms with E-state index >= 15 is 0 Å². The van der Waals surface area contributed by atoms with Crippen molar-refractivity contribution in [3.05, 3.63) is 36.2 Å². The van der Waals surface area contributed by atoms with E-state index in [1.807, 2.05) is 11.6 Å². The molecule has 2 N–H and O–H groups in total. The van der Waals surface area contributed by atoms with E-state index in [0.29, 0.717) is 6.54 Å². The summed E-state index contributed by atoms with van der Waals surface area (Å²) in [5, 5.41) is 7.90. The number of nitrogens with two attached hydrogens (primary N) is 1. The molecule has 0 unspecified atom stereocenters. The Labute approximate surface area is 88.8 Å². The summed E-state index contributed by atoms with van der Waals surface area (Å²) in [6.07, 6.45) is 2.61. The van der Waals surface area contributed by atoms with Gasteiger partial charge in [0, 0.05) is 12.6 Å². The molecular weight excluding hydrogens is 188 g/mol. The van der Waals surface area contributed by atoms with Gasteiger partial charge in [0.2, 0.25) is 0 Å². The minimum atomic E-state index is 0.684. The number of aryl methyl sites for hydroxylation is 1. The molecule has 2 rings (SSSR count). The molecule has 0 atom stereocenters. The Kier molecular flexibility index (Phi) is 2.78. The first-order valence-corrected chi connectivity index (χ1v) is 4.94. The van der Waals surface area contributed by atoms with Crippen molar-refractivity contribution >= 4 is 0 Å². The summed E-state index contributed by atoms with van der Waals surface area (Å²) in [6, 6.07) is 8.26. The molecule has 0 aliphatic rings. The van der Waals surface area contributed by atoms with Gasteiger partial charge in [0.25, 0.3) is 0 Å². The van der Waals surface area contributed by atoms with Gasteiger partial charge in [-0.2, -0.15) is 0 Å². The van der Waals surface area contributed by atoms with Crippen LogP contribution in [0.5, 0.6) is 0 Å². The zero-order valence-corrected chi connectivity index (χ0v) is 8.72. The molecule has 4 heteroatoms. The molecule has 1 aromatic carbocycles. The normalized spacial score (nSPS) is 10.5. The number of hydrogen-bond acceptors (Lipinski definition) is 3. The lowest BCUT2D eigenvalue weighted by Gasteiger charge is -2.02. The maximum absolute atomic E-state index is 5.49. The maximum atomic E-state index is 5.49. The largest absolute Gasteiger partial charge is 0.330 e. The van der Waals surface area contributed by atoms with E-state index in [4.69, 9.17) is 5.73 Å².